The molecule has 2 fully saturated rings. The van der Waals surface area contributed by atoms with Crippen LogP contribution in [0.4, 0.5) is 17.6 Å². The molecule has 3 N–H and O–H groups in total. The number of hydrogen-bond donors (Lipinski definition) is 3. The molecule has 2 aliphatic rings. The Labute approximate surface area is 385 Å². The standard InChI is InChI=1S/C24H26F2N2O5S2.C20H18F2N2O5S2/c1-14-20(15-9-7-6-8-10-15)24(14,21(29)32-22(2,3)4)28-35(30,31)19-12-11-17(34-19)16-13-18(33-27-16)23(5,25)26;1-11-17(12-6-4-3-5-7-12)20(11,18(25)26)24-31(27,28)16-9-8-14(30-16)13-10-15(29-23-13)19(2,21)22/h6-14,20,28H,1-5H3;3-11,17,24H,1-2H3,(H,25,26)/t14?,20-,24+;11?,17-,20+/m11/s1. The number of nitrogens with zero attached hydrogens (tertiary/aromatic N) is 2. The Morgan fingerprint density at radius 1 is 0.652 bits per heavy atom. The number of benzene rings is 2. The normalized spacial score (nSPS) is 23.1. The van der Waals surface area contributed by atoms with Crippen LogP contribution in [0.2, 0.25) is 0 Å². The molecule has 2 aromatic carbocycles. The Morgan fingerprint density at radius 3 is 1.39 bits per heavy atom. The third-order valence-corrected chi connectivity index (χ3v) is 17.5. The highest BCUT2D eigenvalue weighted by molar-refractivity contribution is 7.92. The second kappa shape index (κ2) is 17.1. The molecule has 4 aromatic heterocycles. The fraction of sp³-hybridized carbons (Fsp3) is 0.364. The van der Waals surface area contributed by atoms with Gasteiger partial charge in [-0.15, -0.1) is 22.7 Å². The highest BCUT2D eigenvalue weighted by atomic mass is 32.3. The number of hydrogen-bond acceptors (Lipinski definition) is 13. The number of alkyl halides is 4. The van der Waals surface area contributed by atoms with Gasteiger partial charge in [-0.1, -0.05) is 84.8 Å². The zero-order chi connectivity index (χ0) is 48.4. The van der Waals surface area contributed by atoms with Gasteiger partial charge in [0.05, 0.1) is 9.75 Å². The lowest BCUT2D eigenvalue weighted by Crippen LogP contribution is -2.48. The summed E-state index contributed by atoms with van der Waals surface area (Å²) in [5.74, 6) is -11.4. The zero-order valence-corrected chi connectivity index (χ0v) is 39.5. The Kier molecular flexibility index (Phi) is 12.6. The number of ether oxygens (including phenoxy) is 1. The number of carbonyl (C=O) groups is 2. The Balaban J connectivity index is 0.000000198. The van der Waals surface area contributed by atoms with Crippen LogP contribution in [0.3, 0.4) is 0 Å². The number of esters is 1. The first-order valence-corrected chi connectivity index (χ1v) is 24.8. The van der Waals surface area contributed by atoms with Gasteiger partial charge in [-0.3, -0.25) is 4.79 Å². The van der Waals surface area contributed by atoms with Gasteiger partial charge in [-0.05, 0) is 68.0 Å². The fourth-order valence-corrected chi connectivity index (χ4v) is 13.3. The minimum Gasteiger partial charge on any atom is -0.480 e. The number of carboxylic acids is 1. The maximum Gasteiger partial charge on any atom is 0.328 e. The van der Waals surface area contributed by atoms with E-state index in [-0.39, 0.29) is 25.7 Å². The summed E-state index contributed by atoms with van der Waals surface area (Å²) < 4.78 is 126. The van der Waals surface area contributed by atoms with Crippen LogP contribution in [0.15, 0.2) is 115 Å². The molecule has 0 bridgehead atoms. The molecule has 0 saturated heterocycles. The van der Waals surface area contributed by atoms with E-state index >= 15 is 0 Å². The smallest absolute Gasteiger partial charge is 0.328 e. The minimum absolute atomic E-state index is 0.0675. The van der Waals surface area contributed by atoms with Crippen LogP contribution in [0, 0.1) is 11.8 Å². The van der Waals surface area contributed by atoms with Gasteiger partial charge < -0.3 is 18.9 Å². The molecule has 22 heteroatoms. The summed E-state index contributed by atoms with van der Waals surface area (Å²) in [5.41, 5.74) is -2.27. The molecule has 0 radical (unpaired) electrons. The summed E-state index contributed by atoms with van der Waals surface area (Å²) in [5, 5.41) is 17.1. The predicted molar refractivity (Wildman–Crippen MR) is 235 cm³/mol. The molecule has 2 saturated carbocycles. The van der Waals surface area contributed by atoms with Crippen LogP contribution < -0.4 is 9.44 Å². The molecule has 0 spiro atoms. The molecule has 2 aliphatic carbocycles. The molecular weight excluding hydrogens is 949 g/mol. The molecule has 14 nitrogen and oxygen atoms in total. The average Bonchev–Trinajstić information content (AvgIpc) is 3.80. The van der Waals surface area contributed by atoms with Crippen molar-refractivity contribution in [1.82, 2.24) is 19.8 Å². The molecule has 6 aromatic rings. The maximum atomic E-state index is 13.5. The first-order chi connectivity index (χ1) is 30.6. The summed E-state index contributed by atoms with van der Waals surface area (Å²) >= 11 is 1.62. The highest BCUT2D eigenvalue weighted by Gasteiger charge is 2.71. The molecule has 0 amide bonds. The molecule has 6 atom stereocenters. The average molecular weight is 993 g/mol. The number of halogens is 4. The first-order valence-electron chi connectivity index (χ1n) is 20.2. The Bertz CT molecular complexity index is 2980. The number of thiophene rings is 2. The van der Waals surface area contributed by atoms with Gasteiger partial charge in [0.1, 0.15) is 36.5 Å². The monoisotopic (exact) mass is 992 g/mol. The Morgan fingerprint density at radius 2 is 1.03 bits per heavy atom. The fourth-order valence-electron chi connectivity index (χ4n) is 7.89. The molecule has 66 heavy (non-hydrogen) atoms. The van der Waals surface area contributed by atoms with E-state index in [1.54, 1.807) is 65.0 Å². The van der Waals surface area contributed by atoms with E-state index < -0.39 is 89.8 Å². The van der Waals surface area contributed by atoms with Crippen molar-refractivity contribution in [1.29, 1.82) is 0 Å². The topological polar surface area (TPSA) is 208 Å². The van der Waals surface area contributed by atoms with Crippen LogP contribution in [0.25, 0.3) is 21.1 Å². The first kappa shape index (κ1) is 48.7. The molecule has 8 rings (SSSR count). The minimum atomic E-state index is -4.20. The molecule has 2 unspecified atom stereocenters. The lowest BCUT2D eigenvalue weighted by atomic mass is 10.1. The SMILES string of the molecule is CC1[C@H](c2ccccc2)[C@]1(NS(=O)(=O)c1ccc(-c2cc(C(C)(F)F)on2)s1)C(=O)O.CC1[C@H](c2ccccc2)[C@]1(NS(=O)(=O)c1ccc(-c2cc(C(C)(F)F)on2)s1)C(=O)OC(C)(C)C. The predicted octanol–water partition coefficient (Wildman–Crippen LogP) is 9.36. The van der Waals surface area contributed by atoms with Crippen molar-refractivity contribution in [2.45, 2.75) is 97.2 Å². The lowest BCUT2D eigenvalue weighted by Gasteiger charge is -2.25. The third-order valence-electron chi connectivity index (χ3n) is 11.3. The lowest BCUT2D eigenvalue weighted by molar-refractivity contribution is -0.158. The summed E-state index contributed by atoms with van der Waals surface area (Å²) in [4.78, 5) is 26.1. The number of rotatable bonds is 14. The molecule has 352 valence electrons. The largest absolute Gasteiger partial charge is 0.480 e. The van der Waals surface area contributed by atoms with Gasteiger partial charge in [-0.25, -0.2) is 21.6 Å². The van der Waals surface area contributed by atoms with E-state index in [1.807, 2.05) is 30.3 Å². The number of carbonyl (C=O) groups excluding carboxylic acids is 1. The third kappa shape index (κ3) is 9.48. The van der Waals surface area contributed by atoms with Gasteiger partial charge in [-0.2, -0.15) is 27.0 Å². The number of aromatic nitrogens is 2. The summed E-state index contributed by atoms with van der Waals surface area (Å²) in [6, 6.07) is 25.6. The van der Waals surface area contributed by atoms with E-state index in [2.05, 4.69) is 24.3 Å². The van der Waals surface area contributed by atoms with Crippen LogP contribution >= 0.6 is 22.7 Å². The van der Waals surface area contributed by atoms with Crippen molar-refractivity contribution in [2.24, 2.45) is 11.8 Å². The van der Waals surface area contributed by atoms with Crippen LogP contribution in [0.1, 0.15) is 82.9 Å². The second-order valence-electron chi connectivity index (χ2n) is 17.3. The van der Waals surface area contributed by atoms with E-state index in [0.717, 1.165) is 45.9 Å². The van der Waals surface area contributed by atoms with Gasteiger partial charge in [0, 0.05) is 37.8 Å². The second-order valence-corrected chi connectivity index (χ2v) is 23.3. The van der Waals surface area contributed by atoms with Gasteiger partial charge in [0.15, 0.2) is 0 Å². The van der Waals surface area contributed by atoms with Gasteiger partial charge >= 0.3 is 23.8 Å². The van der Waals surface area contributed by atoms with Crippen molar-refractivity contribution in [3.8, 4) is 21.1 Å². The molecule has 0 aliphatic heterocycles. The Hall–Kier alpha value is -5.26. The summed E-state index contributed by atoms with van der Waals surface area (Å²) in [7, 11) is -8.38. The van der Waals surface area contributed by atoms with Crippen LogP contribution in [0.5, 0.6) is 0 Å². The summed E-state index contributed by atoms with van der Waals surface area (Å²) in [6.07, 6.45) is 0. The van der Waals surface area contributed by atoms with E-state index in [0.29, 0.717) is 23.6 Å². The van der Waals surface area contributed by atoms with Crippen LogP contribution in [-0.4, -0.2) is 60.9 Å². The van der Waals surface area contributed by atoms with E-state index in [9.17, 15) is 49.1 Å². The summed E-state index contributed by atoms with van der Waals surface area (Å²) in [6.45, 7) is 9.97. The van der Waals surface area contributed by atoms with Gasteiger partial charge in [0.25, 0.3) is 20.0 Å². The number of carboxylic acid groups (broad SMARTS) is 1. The highest BCUT2D eigenvalue weighted by Crippen LogP contribution is 2.60. The van der Waals surface area contributed by atoms with Gasteiger partial charge in [0.2, 0.25) is 11.5 Å². The number of nitrogens with one attached hydrogen (secondary N) is 2. The van der Waals surface area contributed by atoms with Crippen molar-refractivity contribution in [2.75, 3.05) is 0 Å². The molecule has 4 heterocycles. The van der Waals surface area contributed by atoms with Crippen molar-refractivity contribution < 1.29 is 62.9 Å². The number of sulfonamides is 2. The van der Waals surface area contributed by atoms with Crippen molar-refractivity contribution in [3.63, 3.8) is 0 Å². The van der Waals surface area contributed by atoms with Crippen molar-refractivity contribution in [3.05, 3.63) is 120 Å². The quantitative estimate of drug-likeness (QED) is 0.0689. The van der Waals surface area contributed by atoms with E-state index in [4.69, 9.17) is 9.26 Å². The van der Waals surface area contributed by atoms with E-state index in [1.165, 1.54) is 24.3 Å². The van der Waals surface area contributed by atoms with Crippen molar-refractivity contribution >= 4 is 54.7 Å². The zero-order valence-electron chi connectivity index (χ0n) is 36.2. The van der Waals surface area contributed by atoms with Crippen LogP contribution in [-0.2, 0) is 46.2 Å². The number of aliphatic carboxylic acids is 1. The molecular formula is C44H44F4N4O10S4. The maximum absolute atomic E-state index is 13.5.